The van der Waals surface area contributed by atoms with E-state index in [0.29, 0.717) is 0 Å². The van der Waals surface area contributed by atoms with Crippen LogP contribution in [0.3, 0.4) is 0 Å². The summed E-state index contributed by atoms with van der Waals surface area (Å²) >= 11 is 82.2. The minimum absolute atomic E-state index is 0.0222. The lowest BCUT2D eigenvalue weighted by molar-refractivity contribution is -0.136. The third kappa shape index (κ3) is 13.7. The Hall–Kier alpha value is 22.1. The van der Waals surface area contributed by atoms with Gasteiger partial charge in [-0.3, -0.25) is 0 Å². The lowest BCUT2D eigenvalue weighted by Crippen LogP contribution is -2.73. The summed E-state index contributed by atoms with van der Waals surface area (Å²) < 4.78 is -5.31. The first kappa shape index (κ1) is 71.1. The van der Waals surface area contributed by atoms with Crippen molar-refractivity contribution >= 4 is 706 Å². The lowest BCUT2D eigenvalue weighted by Gasteiger charge is -2.62. The largest absolute Gasteiger partial charge is 0.480 e. The zero-order chi connectivity index (χ0) is 41.1. The van der Waals surface area contributed by atoms with E-state index in [-0.39, 0.29) is 13.7 Å². The number of alkyl halides is 31. The quantitative estimate of drug-likeness (QED) is 0.131. The predicted molar refractivity (Wildman–Crippen MR) is 483 cm³/mol. The Labute approximate surface area is 710 Å². The molecule has 0 aliphatic rings. The van der Waals surface area contributed by atoms with Gasteiger partial charge in [-0.1, -0.05) is 700 Å². The molecule has 0 amide bonds. The molecule has 0 aliphatic carbocycles. The van der Waals surface area contributed by atoms with Crippen molar-refractivity contribution in [2.24, 2.45) is 0 Å². The lowest BCUT2D eigenvalue weighted by atomic mass is 10.0. The van der Waals surface area contributed by atoms with Crippen molar-refractivity contribution in [3.63, 3.8) is 0 Å². The average Bonchev–Trinajstić information content (AvgIpc) is 2.86. The minimum atomic E-state index is -1.04. The standard InChI is InChI=1S/C16HI31O2/c17-2(18,1(48)49)3(19,20)4(21,22)5(23,24)6(25,26)7(27,28)8(29,30)9(31,32)10(33,34)11(35,36)12(37,38)13(39,40)14(41,42)15(43,44)16(45,46)47/h(H,48,49). The molecule has 0 spiro atoms. The maximum absolute atomic E-state index is 12.6. The summed E-state index contributed by atoms with van der Waals surface area (Å²) in [5, 5.41) is 10.4. The van der Waals surface area contributed by atoms with Crippen LogP contribution in [0.15, 0.2) is 0 Å². The zero-order valence-electron chi connectivity index (χ0n) is 20.6. The summed E-state index contributed by atoms with van der Waals surface area (Å²) in [5.74, 6) is -0.814. The first-order chi connectivity index (χ1) is 20.4. The molecule has 0 atom stereocenters. The first-order valence-electron chi connectivity index (χ1n) is 10.0. The molecule has 2 nitrogen and oxygen atoms in total. The van der Waals surface area contributed by atoms with Crippen molar-refractivity contribution in [2.45, 2.75) is 19.4 Å². The van der Waals surface area contributed by atoms with Gasteiger partial charge < -0.3 is 5.11 Å². The molecule has 1 N–H and O–H groups in total. The van der Waals surface area contributed by atoms with E-state index in [1.54, 1.807) is 0 Å². The van der Waals surface area contributed by atoms with E-state index < -0.39 is 11.7 Å². The van der Waals surface area contributed by atoms with Crippen LogP contribution in [0.5, 0.6) is 0 Å². The number of hydrogen-bond acceptors (Lipinski definition) is 1. The van der Waals surface area contributed by atoms with Crippen molar-refractivity contribution in [1.82, 2.24) is 0 Å². The molecule has 0 aromatic carbocycles. The number of halogens is 31. The van der Waals surface area contributed by atoms with Gasteiger partial charge in [-0.2, -0.15) is 0 Å². The van der Waals surface area contributed by atoms with Gasteiger partial charge in [0.2, 0.25) is 0 Å². The molecule has 0 aromatic heterocycles. The molecule has 0 aromatic rings. The van der Waals surface area contributed by atoms with Gasteiger partial charge in [-0.25, -0.2) is 4.79 Å². The topological polar surface area (TPSA) is 37.3 Å². The van der Waals surface area contributed by atoms with E-state index in [1.807, 2.05) is 0 Å². The highest BCUT2D eigenvalue weighted by molar-refractivity contribution is 14.3. The number of carboxylic acids is 1. The number of hydrogen-bond donors (Lipinski definition) is 1. The van der Waals surface area contributed by atoms with Crippen molar-refractivity contribution < 1.29 is 9.90 Å². The summed E-state index contributed by atoms with van der Waals surface area (Å²) in [4.78, 5) is 12.6. The first-order valence-corrected chi connectivity index (χ1v) is 43.5. The van der Waals surface area contributed by atoms with Gasteiger partial charge in [-0.05, 0) is 0 Å². The van der Waals surface area contributed by atoms with Crippen LogP contribution in [0.4, 0.5) is 0 Å². The van der Waals surface area contributed by atoms with Gasteiger partial charge in [0.1, 0.15) is 18.0 Å². The zero-order valence-corrected chi connectivity index (χ0v) is 87.5. The molecule has 294 valence electrons. The fourth-order valence-electron chi connectivity index (χ4n) is 2.68. The molecule has 0 unspecified atom stereocenters. The van der Waals surface area contributed by atoms with Gasteiger partial charge in [0.15, 0.2) is 1.43 Å². The molecule has 0 saturated heterocycles. The van der Waals surface area contributed by atoms with Crippen molar-refractivity contribution in [3.8, 4) is 0 Å². The molecule has 33 heteroatoms. The third-order valence-electron chi connectivity index (χ3n) is 5.75. The number of carbonyl (C=O) groups is 1. The Balaban J connectivity index is 7.68. The Morgan fingerprint density at radius 3 is 0.490 bits per heavy atom. The van der Waals surface area contributed by atoms with E-state index in [4.69, 9.17) is 0 Å². The molecule has 0 radical (unpaired) electrons. The molecule has 0 bridgehead atoms. The fraction of sp³-hybridized carbons (Fsp3) is 0.938. The van der Waals surface area contributed by atoms with E-state index in [0.717, 1.165) is 0 Å². The molecule has 0 saturated carbocycles. The second-order valence-corrected chi connectivity index (χ2v) is 94.1. The van der Waals surface area contributed by atoms with E-state index in [1.165, 1.54) is 0 Å². The van der Waals surface area contributed by atoms with Crippen LogP contribution in [0.2, 0.25) is 0 Å². The molecule has 0 fully saturated rings. The molecule has 0 rings (SSSR count). The SMILES string of the molecule is O=C(O)C(I)(I)C(I)(I)C(I)(I)C(I)(I)C(I)(I)C(I)(I)C(I)(I)C(I)(I)C(I)(I)C(I)(I)C(I)(I)C(I)(I)C(I)(I)C(I)(I)C(I)(I)I. The molecular formula is C16HI31O2. The Bertz CT molecular complexity index is 1250. The maximum Gasteiger partial charge on any atom is 0.332 e. The maximum atomic E-state index is 12.6. The minimum Gasteiger partial charge on any atom is -0.480 e. The van der Waals surface area contributed by atoms with Crippen molar-refractivity contribution in [2.75, 3.05) is 0 Å². The highest BCUT2D eigenvalue weighted by atomic mass is 127. The van der Waals surface area contributed by atoms with Crippen LogP contribution < -0.4 is 0 Å². The molecule has 0 aliphatic heterocycles. The normalized spacial score (nSPS) is 17.0. The Kier molecular flexibility index (Phi) is 36.7. The van der Waals surface area contributed by atoms with Crippen LogP contribution in [0, 0.1) is 0 Å². The van der Waals surface area contributed by atoms with Gasteiger partial charge >= 0.3 is 5.97 Å². The van der Waals surface area contributed by atoms with Crippen LogP contribution in [-0.4, -0.2) is 30.5 Å². The fourth-order valence-corrected chi connectivity index (χ4v) is 52.4. The highest BCUT2D eigenvalue weighted by Crippen LogP contribution is 2.84. The van der Waals surface area contributed by atoms with Crippen LogP contribution in [0.1, 0.15) is 0 Å². The second kappa shape index (κ2) is 25.3. The van der Waals surface area contributed by atoms with Crippen LogP contribution >= 0.6 is 700 Å². The van der Waals surface area contributed by atoms with Gasteiger partial charge in [-0.15, -0.1) is 0 Å². The average molecular weight is 4160 g/mol. The molecule has 0 heterocycles. The Morgan fingerprint density at radius 1 is 0.245 bits per heavy atom. The predicted octanol–water partition coefficient (Wildman–Crippen LogP) is 24.0. The summed E-state index contributed by atoms with van der Waals surface area (Å²) in [5.41, 5.74) is 0. The van der Waals surface area contributed by atoms with Crippen LogP contribution in [-0.2, 0) is 4.79 Å². The van der Waals surface area contributed by atoms with Crippen molar-refractivity contribution in [3.05, 3.63) is 0 Å². The number of rotatable bonds is 15. The highest BCUT2D eigenvalue weighted by Gasteiger charge is 2.82. The summed E-state index contributed by atoms with van der Waals surface area (Å²) in [7, 11) is 0. The van der Waals surface area contributed by atoms with Crippen LogP contribution in [0.25, 0.3) is 0 Å². The Morgan fingerprint density at radius 2 is 0.367 bits per heavy atom. The number of aliphatic carboxylic acids is 1. The van der Waals surface area contributed by atoms with Crippen molar-refractivity contribution in [1.29, 1.82) is 0 Å². The van der Waals surface area contributed by atoms with E-state index >= 15 is 0 Å². The van der Waals surface area contributed by atoms with Gasteiger partial charge in [0, 0.05) is 0 Å². The molecular weight excluding hydrogens is 4160 g/mol. The van der Waals surface area contributed by atoms with E-state index in [9.17, 15) is 9.90 Å². The monoisotopic (exact) mass is 4160 g/mol. The third-order valence-corrected chi connectivity index (χ3v) is 113. The van der Waals surface area contributed by atoms with Gasteiger partial charge in [0.05, 0.1) is 0 Å². The smallest absolute Gasteiger partial charge is 0.332 e. The summed E-state index contributed by atoms with van der Waals surface area (Å²) in [6.07, 6.45) is 0. The summed E-state index contributed by atoms with van der Waals surface area (Å²) in [6, 6.07) is 0. The number of carboxylic acid groups (broad SMARTS) is 1. The van der Waals surface area contributed by atoms with Gasteiger partial charge in [0.25, 0.3) is 0 Å². The summed E-state index contributed by atoms with van der Waals surface area (Å²) in [6.45, 7) is 0. The second-order valence-electron chi connectivity index (χ2n) is 8.84. The molecule has 49 heavy (non-hydrogen) atoms. The van der Waals surface area contributed by atoms with E-state index in [2.05, 4.69) is 700 Å².